The molecule has 1 aliphatic heterocycles. The van der Waals surface area contributed by atoms with Gasteiger partial charge in [0.15, 0.2) is 0 Å². The lowest BCUT2D eigenvalue weighted by Gasteiger charge is -2.26. The molecule has 0 saturated carbocycles. The lowest BCUT2D eigenvalue weighted by molar-refractivity contribution is 0.222. The number of aromatic nitrogens is 2. The van der Waals surface area contributed by atoms with Crippen molar-refractivity contribution >= 4 is 34.1 Å². The lowest BCUT2D eigenvalue weighted by Crippen LogP contribution is -2.32. The average Bonchev–Trinajstić information content (AvgIpc) is 3.16. The maximum Gasteiger partial charge on any atom is 0.0488 e. The molecule has 5 heteroatoms. The number of benzene rings is 2. The van der Waals surface area contributed by atoms with Crippen molar-refractivity contribution < 1.29 is 0 Å². The summed E-state index contributed by atoms with van der Waals surface area (Å²) in [4.78, 5) is 7.11. The van der Waals surface area contributed by atoms with Crippen LogP contribution in [0.25, 0.3) is 33.2 Å². The van der Waals surface area contributed by atoms with E-state index in [2.05, 4.69) is 38.8 Å². The second-order valence-corrected chi connectivity index (χ2v) is 9.14. The summed E-state index contributed by atoms with van der Waals surface area (Å²) in [7, 11) is 0. The molecule has 0 spiro atoms. The number of halogens is 2. The van der Waals surface area contributed by atoms with Crippen LogP contribution in [0.2, 0.25) is 10.0 Å². The van der Waals surface area contributed by atoms with Crippen LogP contribution >= 0.6 is 23.2 Å². The molecule has 1 fully saturated rings. The van der Waals surface area contributed by atoms with Crippen LogP contribution in [0.15, 0.2) is 67.1 Å². The van der Waals surface area contributed by atoms with Gasteiger partial charge in [-0.1, -0.05) is 41.8 Å². The Morgan fingerprint density at radius 1 is 0.742 bits per heavy atom. The molecule has 1 aliphatic rings. The molecule has 0 unspecified atom stereocenters. The van der Waals surface area contributed by atoms with Crippen molar-refractivity contribution in [2.75, 3.05) is 19.6 Å². The summed E-state index contributed by atoms with van der Waals surface area (Å²) in [5, 5.41) is 2.66. The summed E-state index contributed by atoms with van der Waals surface area (Å²) in [6.07, 6.45) is 10.1. The molecule has 158 valence electrons. The van der Waals surface area contributed by atoms with Crippen molar-refractivity contribution in [2.24, 2.45) is 0 Å². The highest BCUT2D eigenvalue weighted by atomic mass is 35.5. The van der Waals surface area contributed by atoms with E-state index in [-0.39, 0.29) is 0 Å². The highest BCUT2D eigenvalue weighted by Crippen LogP contribution is 2.34. The number of pyridine rings is 1. The van der Waals surface area contributed by atoms with Gasteiger partial charge in [-0.2, -0.15) is 0 Å². The van der Waals surface area contributed by atoms with E-state index in [1.165, 1.54) is 48.8 Å². The minimum atomic E-state index is 0.735. The molecular weight excluding hydrogens is 425 g/mol. The molecule has 1 saturated heterocycles. The first-order chi connectivity index (χ1) is 15.2. The van der Waals surface area contributed by atoms with E-state index in [4.69, 9.17) is 23.2 Å². The van der Waals surface area contributed by atoms with E-state index in [0.717, 1.165) is 39.8 Å². The Kier molecular flexibility index (Phi) is 5.99. The fourth-order valence-electron chi connectivity index (χ4n) is 4.50. The number of nitrogens with zero attached hydrogens (tertiary/aromatic N) is 3. The summed E-state index contributed by atoms with van der Waals surface area (Å²) in [6, 6.07) is 16.3. The van der Waals surface area contributed by atoms with E-state index in [9.17, 15) is 0 Å². The summed E-state index contributed by atoms with van der Waals surface area (Å²) >= 11 is 12.4. The molecule has 0 N–H and O–H groups in total. The smallest absolute Gasteiger partial charge is 0.0488 e. The molecule has 2 aromatic heterocycles. The molecule has 0 radical (unpaired) electrons. The van der Waals surface area contributed by atoms with Crippen molar-refractivity contribution in [3.8, 4) is 22.3 Å². The van der Waals surface area contributed by atoms with Crippen molar-refractivity contribution in [1.82, 2.24) is 14.5 Å². The first-order valence-electron chi connectivity index (χ1n) is 10.9. The van der Waals surface area contributed by atoms with E-state index < -0.39 is 0 Å². The number of fused-ring (bicyclic) bond motifs is 1. The Morgan fingerprint density at radius 2 is 1.48 bits per heavy atom. The quantitative estimate of drug-likeness (QED) is 0.322. The average molecular weight is 450 g/mol. The molecule has 3 heterocycles. The summed E-state index contributed by atoms with van der Waals surface area (Å²) in [5.41, 5.74) is 5.65. The van der Waals surface area contributed by atoms with E-state index in [1.807, 2.05) is 42.7 Å². The van der Waals surface area contributed by atoms with Gasteiger partial charge in [-0.05, 0) is 67.9 Å². The first-order valence-corrected chi connectivity index (χ1v) is 11.6. The van der Waals surface area contributed by atoms with Gasteiger partial charge in [0, 0.05) is 69.3 Å². The topological polar surface area (TPSA) is 21.1 Å². The monoisotopic (exact) mass is 449 g/mol. The molecular formula is C26H25Cl2N3. The normalized spacial score (nSPS) is 14.9. The standard InChI is InChI=1S/C26H25Cl2N3/c27-22-6-4-19(5-7-22)20-14-21(17-29-16-20)25-18-31(13-12-30-10-2-1-3-11-30)26-9-8-23(28)15-24(25)26/h4-9,14-18H,1-3,10-13H2. The van der Waals surface area contributed by atoms with Gasteiger partial charge in [0.25, 0.3) is 0 Å². The molecule has 0 amide bonds. The largest absolute Gasteiger partial charge is 0.346 e. The van der Waals surface area contributed by atoms with Gasteiger partial charge in [-0.15, -0.1) is 0 Å². The molecule has 0 bridgehead atoms. The van der Waals surface area contributed by atoms with Gasteiger partial charge in [-0.25, -0.2) is 0 Å². The van der Waals surface area contributed by atoms with Crippen molar-refractivity contribution in [1.29, 1.82) is 0 Å². The first kappa shape index (κ1) is 20.6. The number of hydrogen-bond acceptors (Lipinski definition) is 2. The number of hydrogen-bond donors (Lipinski definition) is 0. The number of likely N-dealkylation sites (tertiary alicyclic amines) is 1. The maximum atomic E-state index is 6.38. The fraction of sp³-hybridized carbons (Fsp3) is 0.269. The third-order valence-electron chi connectivity index (χ3n) is 6.18. The Morgan fingerprint density at radius 3 is 2.29 bits per heavy atom. The lowest BCUT2D eigenvalue weighted by atomic mass is 10.0. The van der Waals surface area contributed by atoms with Gasteiger partial charge < -0.3 is 9.47 Å². The summed E-state index contributed by atoms with van der Waals surface area (Å²) < 4.78 is 2.37. The molecule has 5 rings (SSSR count). The Hall–Kier alpha value is -2.33. The van der Waals surface area contributed by atoms with Crippen molar-refractivity contribution in [2.45, 2.75) is 25.8 Å². The third-order valence-corrected chi connectivity index (χ3v) is 6.66. The highest BCUT2D eigenvalue weighted by molar-refractivity contribution is 6.31. The third kappa shape index (κ3) is 4.50. The van der Waals surface area contributed by atoms with E-state index in [0.29, 0.717) is 0 Å². The van der Waals surface area contributed by atoms with Crippen LogP contribution in [-0.2, 0) is 6.54 Å². The Labute approximate surface area is 193 Å². The zero-order valence-electron chi connectivity index (χ0n) is 17.4. The van der Waals surface area contributed by atoms with Crippen LogP contribution in [0.4, 0.5) is 0 Å². The molecule has 3 nitrogen and oxygen atoms in total. The SMILES string of the molecule is Clc1ccc(-c2cncc(-c3cn(CCN4CCCCC4)c4ccc(Cl)cc34)c2)cc1. The van der Waals surface area contributed by atoms with Gasteiger partial charge >= 0.3 is 0 Å². The van der Waals surface area contributed by atoms with Crippen molar-refractivity contribution in [3.63, 3.8) is 0 Å². The van der Waals surface area contributed by atoms with E-state index >= 15 is 0 Å². The van der Waals surface area contributed by atoms with Crippen LogP contribution in [0.3, 0.4) is 0 Å². The van der Waals surface area contributed by atoms with Gasteiger partial charge in [0.1, 0.15) is 0 Å². The molecule has 2 aromatic carbocycles. The van der Waals surface area contributed by atoms with Crippen LogP contribution in [-0.4, -0.2) is 34.1 Å². The zero-order chi connectivity index (χ0) is 21.2. The molecule has 4 aromatic rings. The molecule has 0 aliphatic carbocycles. The van der Waals surface area contributed by atoms with Crippen LogP contribution < -0.4 is 0 Å². The predicted molar refractivity (Wildman–Crippen MR) is 131 cm³/mol. The van der Waals surface area contributed by atoms with E-state index in [1.54, 1.807) is 0 Å². The highest BCUT2D eigenvalue weighted by Gasteiger charge is 2.14. The van der Waals surface area contributed by atoms with Gasteiger partial charge in [-0.3, -0.25) is 4.98 Å². The van der Waals surface area contributed by atoms with Gasteiger partial charge in [0.05, 0.1) is 0 Å². The molecule has 31 heavy (non-hydrogen) atoms. The number of piperidine rings is 1. The maximum absolute atomic E-state index is 6.38. The Bertz CT molecular complexity index is 1190. The summed E-state index contributed by atoms with van der Waals surface area (Å²) in [5.74, 6) is 0. The minimum absolute atomic E-state index is 0.735. The summed E-state index contributed by atoms with van der Waals surface area (Å²) in [6.45, 7) is 4.48. The van der Waals surface area contributed by atoms with Gasteiger partial charge in [0.2, 0.25) is 0 Å². The van der Waals surface area contributed by atoms with Crippen LogP contribution in [0, 0.1) is 0 Å². The second-order valence-electron chi connectivity index (χ2n) is 8.27. The fourth-order valence-corrected chi connectivity index (χ4v) is 4.80. The zero-order valence-corrected chi connectivity index (χ0v) is 18.9. The minimum Gasteiger partial charge on any atom is -0.346 e. The second kappa shape index (κ2) is 9.04. The van der Waals surface area contributed by atoms with Crippen LogP contribution in [0.5, 0.6) is 0 Å². The number of rotatable bonds is 5. The molecule has 0 atom stereocenters. The van der Waals surface area contributed by atoms with Crippen molar-refractivity contribution in [3.05, 3.63) is 77.2 Å². The predicted octanol–water partition coefficient (Wildman–Crippen LogP) is 7.16. The Balaban J connectivity index is 1.51. The van der Waals surface area contributed by atoms with Crippen LogP contribution in [0.1, 0.15) is 19.3 Å².